The number of benzene rings is 1. The van der Waals surface area contributed by atoms with Crippen LogP contribution < -0.4 is 10.2 Å². The van der Waals surface area contributed by atoms with Crippen LogP contribution in [0.15, 0.2) is 18.2 Å². The molecule has 0 fully saturated rings. The molecule has 1 heterocycles. The van der Waals surface area contributed by atoms with E-state index < -0.39 is 0 Å². The fourth-order valence-electron chi connectivity index (χ4n) is 2.83. The molecule has 0 radical (unpaired) electrons. The highest BCUT2D eigenvalue weighted by molar-refractivity contribution is 5.59. The van der Waals surface area contributed by atoms with Gasteiger partial charge in [-0.05, 0) is 30.5 Å². The van der Waals surface area contributed by atoms with Crippen LogP contribution in [0, 0.1) is 5.82 Å². The molecule has 0 aliphatic carbocycles. The van der Waals surface area contributed by atoms with E-state index in [1.54, 1.807) is 12.1 Å². The first-order valence-corrected chi connectivity index (χ1v) is 7.40. The van der Waals surface area contributed by atoms with E-state index in [1.165, 1.54) is 5.56 Å². The van der Waals surface area contributed by atoms with Crippen LogP contribution in [0.1, 0.15) is 39.2 Å². The van der Waals surface area contributed by atoms with E-state index in [9.17, 15) is 4.39 Å². The lowest BCUT2D eigenvalue weighted by Crippen LogP contribution is -2.43. The molecule has 1 atom stereocenters. The second kappa shape index (κ2) is 6.38. The Hall–Kier alpha value is -1.09. The van der Waals surface area contributed by atoms with E-state index in [2.05, 4.69) is 31.0 Å². The summed E-state index contributed by atoms with van der Waals surface area (Å²) in [7, 11) is 0. The van der Waals surface area contributed by atoms with Gasteiger partial charge in [-0.2, -0.15) is 0 Å². The molecule has 1 aromatic carbocycles. The Morgan fingerprint density at radius 3 is 2.84 bits per heavy atom. The van der Waals surface area contributed by atoms with Crippen molar-refractivity contribution in [2.75, 3.05) is 18.0 Å². The highest BCUT2D eigenvalue weighted by atomic mass is 19.1. The van der Waals surface area contributed by atoms with Gasteiger partial charge in [-0.25, -0.2) is 4.39 Å². The summed E-state index contributed by atoms with van der Waals surface area (Å²) in [5.74, 6) is -0.127. The number of fused-ring (bicyclic) bond motifs is 1. The van der Waals surface area contributed by atoms with Crippen LogP contribution in [0.25, 0.3) is 0 Å². The van der Waals surface area contributed by atoms with Crippen LogP contribution >= 0.6 is 0 Å². The normalized spacial score (nSPS) is 15.9. The molecule has 1 unspecified atom stereocenters. The number of halogens is 1. The van der Waals surface area contributed by atoms with Crippen molar-refractivity contribution in [3.63, 3.8) is 0 Å². The molecule has 2 nitrogen and oxygen atoms in total. The summed E-state index contributed by atoms with van der Waals surface area (Å²) < 4.78 is 13.5. The minimum absolute atomic E-state index is 0.127. The van der Waals surface area contributed by atoms with Crippen LogP contribution in [-0.4, -0.2) is 25.2 Å². The van der Waals surface area contributed by atoms with Gasteiger partial charge in [-0.1, -0.05) is 33.3 Å². The van der Waals surface area contributed by atoms with Crippen molar-refractivity contribution in [1.82, 2.24) is 5.32 Å². The zero-order valence-corrected chi connectivity index (χ0v) is 12.2. The Labute approximate surface area is 116 Å². The van der Waals surface area contributed by atoms with Gasteiger partial charge >= 0.3 is 0 Å². The molecule has 1 aliphatic rings. The van der Waals surface area contributed by atoms with E-state index in [4.69, 9.17) is 0 Å². The van der Waals surface area contributed by atoms with Crippen LogP contribution in [0.3, 0.4) is 0 Å². The van der Waals surface area contributed by atoms with Crippen LogP contribution in [0.2, 0.25) is 0 Å². The predicted molar refractivity (Wildman–Crippen MR) is 79.3 cm³/mol. The average molecular weight is 264 g/mol. The summed E-state index contributed by atoms with van der Waals surface area (Å²) >= 11 is 0. The van der Waals surface area contributed by atoms with Gasteiger partial charge in [0.25, 0.3) is 0 Å². The van der Waals surface area contributed by atoms with E-state index >= 15 is 0 Å². The summed E-state index contributed by atoms with van der Waals surface area (Å²) in [6, 6.07) is 6.16. The Bertz CT molecular complexity index is 417. The molecule has 0 saturated heterocycles. The van der Waals surface area contributed by atoms with E-state index in [0.29, 0.717) is 12.1 Å². The topological polar surface area (TPSA) is 15.3 Å². The molecule has 2 rings (SSSR count). The van der Waals surface area contributed by atoms with Crippen LogP contribution in [0.5, 0.6) is 0 Å². The molecule has 0 saturated carbocycles. The minimum Gasteiger partial charge on any atom is -0.367 e. The molecule has 19 heavy (non-hydrogen) atoms. The molecule has 0 spiro atoms. The van der Waals surface area contributed by atoms with Crippen molar-refractivity contribution in [1.29, 1.82) is 0 Å². The van der Waals surface area contributed by atoms with Gasteiger partial charge in [0.2, 0.25) is 0 Å². The zero-order chi connectivity index (χ0) is 13.8. The SMILES string of the molecule is CCCC(CNC(C)C)N1CCc2ccc(F)cc21. The van der Waals surface area contributed by atoms with Crippen LogP contribution in [0.4, 0.5) is 10.1 Å². The summed E-state index contributed by atoms with van der Waals surface area (Å²) in [6.07, 6.45) is 3.35. The summed E-state index contributed by atoms with van der Waals surface area (Å²) in [4.78, 5) is 2.39. The minimum atomic E-state index is -0.127. The molecule has 0 amide bonds. The molecular formula is C16H25FN2. The molecule has 3 heteroatoms. The smallest absolute Gasteiger partial charge is 0.125 e. The van der Waals surface area contributed by atoms with E-state index in [-0.39, 0.29) is 5.82 Å². The number of anilines is 1. The molecule has 0 aromatic heterocycles. The summed E-state index contributed by atoms with van der Waals surface area (Å²) in [6.45, 7) is 8.54. The lowest BCUT2D eigenvalue weighted by Gasteiger charge is -2.31. The van der Waals surface area contributed by atoms with Gasteiger partial charge in [0.05, 0.1) is 0 Å². The second-order valence-electron chi connectivity index (χ2n) is 5.72. The largest absolute Gasteiger partial charge is 0.367 e. The van der Waals surface area contributed by atoms with Crippen molar-refractivity contribution < 1.29 is 4.39 Å². The number of nitrogens with zero attached hydrogens (tertiary/aromatic N) is 1. The maximum atomic E-state index is 13.5. The van der Waals surface area contributed by atoms with Crippen molar-refractivity contribution in [2.24, 2.45) is 0 Å². The highest BCUT2D eigenvalue weighted by Gasteiger charge is 2.25. The zero-order valence-electron chi connectivity index (χ0n) is 12.2. The monoisotopic (exact) mass is 264 g/mol. The number of hydrogen-bond donors (Lipinski definition) is 1. The van der Waals surface area contributed by atoms with Crippen molar-refractivity contribution in [3.8, 4) is 0 Å². The van der Waals surface area contributed by atoms with E-state index in [0.717, 1.165) is 38.0 Å². The maximum Gasteiger partial charge on any atom is 0.125 e. The van der Waals surface area contributed by atoms with E-state index in [1.807, 2.05) is 6.07 Å². The number of nitrogens with one attached hydrogen (secondary N) is 1. The molecule has 1 aliphatic heterocycles. The molecular weight excluding hydrogens is 239 g/mol. The lowest BCUT2D eigenvalue weighted by molar-refractivity contribution is 0.477. The molecule has 0 bridgehead atoms. The Balaban J connectivity index is 2.13. The molecule has 1 aromatic rings. The van der Waals surface area contributed by atoms with Crippen molar-refractivity contribution >= 4 is 5.69 Å². The quantitative estimate of drug-likeness (QED) is 0.847. The maximum absolute atomic E-state index is 13.5. The predicted octanol–water partition coefficient (Wildman–Crippen LogP) is 3.35. The Morgan fingerprint density at radius 2 is 2.16 bits per heavy atom. The fourth-order valence-corrected chi connectivity index (χ4v) is 2.83. The number of rotatable bonds is 6. The third-order valence-corrected chi connectivity index (χ3v) is 3.80. The third kappa shape index (κ3) is 3.47. The van der Waals surface area contributed by atoms with Gasteiger partial charge in [-0.15, -0.1) is 0 Å². The first-order chi connectivity index (χ1) is 9.11. The first kappa shape index (κ1) is 14.3. The summed E-state index contributed by atoms with van der Waals surface area (Å²) in [5, 5.41) is 3.52. The Kier molecular flexibility index (Phi) is 4.81. The van der Waals surface area contributed by atoms with Crippen LogP contribution in [-0.2, 0) is 6.42 Å². The van der Waals surface area contributed by atoms with Gasteiger partial charge in [0, 0.05) is 30.9 Å². The average Bonchev–Trinajstić information content (AvgIpc) is 2.77. The molecule has 106 valence electrons. The highest BCUT2D eigenvalue weighted by Crippen LogP contribution is 2.31. The second-order valence-corrected chi connectivity index (χ2v) is 5.72. The van der Waals surface area contributed by atoms with Gasteiger partial charge < -0.3 is 10.2 Å². The van der Waals surface area contributed by atoms with Gasteiger partial charge in [0.15, 0.2) is 0 Å². The van der Waals surface area contributed by atoms with Gasteiger partial charge in [-0.3, -0.25) is 0 Å². The lowest BCUT2D eigenvalue weighted by atomic mass is 10.1. The van der Waals surface area contributed by atoms with Crippen molar-refractivity contribution in [2.45, 2.75) is 52.1 Å². The van der Waals surface area contributed by atoms with Crippen molar-refractivity contribution in [3.05, 3.63) is 29.6 Å². The van der Waals surface area contributed by atoms with Gasteiger partial charge in [0.1, 0.15) is 5.82 Å². The fraction of sp³-hybridized carbons (Fsp3) is 0.625. The Morgan fingerprint density at radius 1 is 1.37 bits per heavy atom. The third-order valence-electron chi connectivity index (χ3n) is 3.80. The first-order valence-electron chi connectivity index (χ1n) is 7.40. The summed E-state index contributed by atoms with van der Waals surface area (Å²) in [5.41, 5.74) is 2.39. The number of hydrogen-bond acceptors (Lipinski definition) is 2. The standard InChI is InChI=1S/C16H25FN2/c1-4-5-15(11-18-12(2)3)19-9-8-13-6-7-14(17)10-16(13)19/h6-7,10,12,15,18H,4-5,8-9,11H2,1-3H3. The molecule has 1 N–H and O–H groups in total.